The number of nitrogens with one attached hydrogen (secondary N) is 1. The van der Waals surface area contributed by atoms with Gasteiger partial charge in [0.2, 0.25) is 10.0 Å². The quantitative estimate of drug-likeness (QED) is 0.765. The van der Waals surface area contributed by atoms with Crippen LogP contribution in [-0.4, -0.2) is 47.4 Å². The van der Waals surface area contributed by atoms with Gasteiger partial charge < -0.3 is 4.74 Å². The van der Waals surface area contributed by atoms with Crippen LogP contribution in [0.5, 0.6) is 0 Å². The summed E-state index contributed by atoms with van der Waals surface area (Å²) in [5.74, 6) is 0. The van der Waals surface area contributed by atoms with E-state index in [2.05, 4.69) is 4.72 Å². The van der Waals surface area contributed by atoms with E-state index in [0.717, 1.165) is 0 Å². The average molecular weight is 445 g/mol. The zero-order valence-electron chi connectivity index (χ0n) is 15.5. The first-order chi connectivity index (χ1) is 13.1. The van der Waals surface area contributed by atoms with Crippen LogP contribution in [0.4, 0.5) is 5.69 Å². The monoisotopic (exact) mass is 444 g/mol. The molecular weight excluding hydrogens is 424 g/mol. The van der Waals surface area contributed by atoms with Crippen molar-refractivity contribution in [3.63, 3.8) is 0 Å². The van der Waals surface area contributed by atoms with E-state index in [4.69, 9.17) is 16.3 Å². The van der Waals surface area contributed by atoms with Gasteiger partial charge in [-0.05, 0) is 55.3 Å². The van der Waals surface area contributed by atoms with Crippen LogP contribution in [0, 0.1) is 13.8 Å². The van der Waals surface area contributed by atoms with Crippen molar-refractivity contribution in [2.75, 3.05) is 31.0 Å². The molecule has 1 aliphatic heterocycles. The summed E-state index contributed by atoms with van der Waals surface area (Å²) in [6, 6.07) is 8.86. The molecule has 152 valence electrons. The van der Waals surface area contributed by atoms with Crippen molar-refractivity contribution in [1.82, 2.24) is 4.31 Å². The molecule has 0 bridgehead atoms. The molecule has 1 saturated heterocycles. The van der Waals surface area contributed by atoms with E-state index in [1.807, 2.05) is 0 Å². The molecule has 0 amide bonds. The Morgan fingerprint density at radius 2 is 1.68 bits per heavy atom. The molecule has 0 unspecified atom stereocenters. The highest BCUT2D eigenvalue weighted by molar-refractivity contribution is 7.92. The predicted octanol–water partition coefficient (Wildman–Crippen LogP) is 2.78. The van der Waals surface area contributed by atoms with Gasteiger partial charge in [0.25, 0.3) is 10.0 Å². The number of hydrogen-bond acceptors (Lipinski definition) is 5. The third-order valence-electron chi connectivity index (χ3n) is 4.44. The van der Waals surface area contributed by atoms with Crippen molar-refractivity contribution in [3.05, 3.63) is 52.5 Å². The van der Waals surface area contributed by atoms with Crippen molar-refractivity contribution in [3.8, 4) is 0 Å². The Hall–Kier alpha value is -1.65. The molecule has 28 heavy (non-hydrogen) atoms. The first-order valence-corrected chi connectivity index (χ1v) is 11.9. The summed E-state index contributed by atoms with van der Waals surface area (Å²) in [6.45, 7) is 4.57. The van der Waals surface area contributed by atoms with E-state index in [0.29, 0.717) is 29.4 Å². The standard InChI is InChI=1S/C18H21ClN2O5S2/c1-13-11-18(14(2)10-17(13)19)27(22,23)20-15-4-3-5-16(12-15)28(24,25)21-6-8-26-9-7-21/h3-5,10-12,20H,6-9H2,1-2H3. The molecule has 0 aliphatic carbocycles. The summed E-state index contributed by atoms with van der Waals surface area (Å²) in [5, 5.41) is 0.482. The number of hydrogen-bond donors (Lipinski definition) is 1. The SMILES string of the molecule is Cc1cc(S(=O)(=O)Nc2cccc(S(=O)(=O)N3CCOCC3)c2)c(C)cc1Cl. The van der Waals surface area contributed by atoms with Crippen molar-refractivity contribution < 1.29 is 21.6 Å². The highest BCUT2D eigenvalue weighted by atomic mass is 35.5. The molecule has 2 aromatic rings. The van der Waals surface area contributed by atoms with E-state index in [1.54, 1.807) is 19.9 Å². The fourth-order valence-corrected chi connectivity index (χ4v) is 5.94. The van der Waals surface area contributed by atoms with Crippen LogP contribution in [-0.2, 0) is 24.8 Å². The molecule has 0 radical (unpaired) electrons. The largest absolute Gasteiger partial charge is 0.379 e. The summed E-state index contributed by atoms with van der Waals surface area (Å²) in [5.41, 5.74) is 1.30. The molecule has 0 atom stereocenters. The summed E-state index contributed by atoms with van der Waals surface area (Å²) >= 11 is 6.05. The maximum atomic E-state index is 12.8. The maximum absolute atomic E-state index is 12.8. The molecule has 2 aromatic carbocycles. The lowest BCUT2D eigenvalue weighted by Gasteiger charge is -2.26. The molecule has 1 heterocycles. The Morgan fingerprint density at radius 1 is 1.00 bits per heavy atom. The van der Waals surface area contributed by atoms with Gasteiger partial charge in [-0.15, -0.1) is 0 Å². The molecule has 3 rings (SSSR count). The molecule has 1 aliphatic rings. The number of ether oxygens (including phenoxy) is 1. The Bertz CT molecular complexity index is 1090. The molecular formula is C18H21ClN2O5S2. The van der Waals surface area contributed by atoms with Gasteiger partial charge in [0, 0.05) is 18.1 Å². The second kappa shape index (κ2) is 8.00. The Morgan fingerprint density at radius 3 is 2.36 bits per heavy atom. The summed E-state index contributed by atoms with van der Waals surface area (Å²) in [7, 11) is -7.63. The van der Waals surface area contributed by atoms with Crippen molar-refractivity contribution in [1.29, 1.82) is 0 Å². The maximum Gasteiger partial charge on any atom is 0.262 e. The minimum absolute atomic E-state index is 0.0265. The van der Waals surface area contributed by atoms with Crippen molar-refractivity contribution in [2.45, 2.75) is 23.6 Å². The van der Waals surface area contributed by atoms with Crippen LogP contribution in [0.15, 0.2) is 46.2 Å². The first kappa shape index (κ1) is 21.1. The van der Waals surface area contributed by atoms with Crippen LogP contribution in [0.1, 0.15) is 11.1 Å². The van der Waals surface area contributed by atoms with Crippen LogP contribution >= 0.6 is 11.6 Å². The molecule has 1 fully saturated rings. The lowest BCUT2D eigenvalue weighted by atomic mass is 10.2. The lowest BCUT2D eigenvalue weighted by Crippen LogP contribution is -2.40. The normalized spacial score (nSPS) is 16.1. The van der Waals surface area contributed by atoms with Gasteiger partial charge in [-0.25, -0.2) is 16.8 Å². The fraction of sp³-hybridized carbons (Fsp3) is 0.333. The van der Waals surface area contributed by atoms with Crippen molar-refractivity contribution >= 4 is 37.3 Å². The van der Waals surface area contributed by atoms with E-state index >= 15 is 0 Å². The summed E-state index contributed by atoms with van der Waals surface area (Å²) in [4.78, 5) is 0.120. The van der Waals surface area contributed by atoms with Gasteiger partial charge in [0.15, 0.2) is 0 Å². The fourth-order valence-electron chi connectivity index (χ4n) is 2.91. The number of aryl methyl sites for hydroxylation is 2. The Balaban J connectivity index is 1.91. The summed E-state index contributed by atoms with van der Waals surface area (Å²) in [6.07, 6.45) is 0. The van der Waals surface area contributed by atoms with E-state index in [9.17, 15) is 16.8 Å². The Kier molecular flexibility index (Phi) is 6.02. The number of morpholine rings is 1. The minimum atomic E-state index is -3.91. The van der Waals surface area contributed by atoms with Crippen LogP contribution in [0.2, 0.25) is 5.02 Å². The molecule has 0 aromatic heterocycles. The zero-order valence-corrected chi connectivity index (χ0v) is 17.9. The second-order valence-electron chi connectivity index (χ2n) is 6.52. The van der Waals surface area contributed by atoms with Crippen LogP contribution in [0.25, 0.3) is 0 Å². The van der Waals surface area contributed by atoms with E-state index in [-0.39, 0.29) is 28.6 Å². The molecule has 0 spiro atoms. The number of rotatable bonds is 5. The third-order valence-corrected chi connectivity index (χ3v) is 8.26. The molecule has 1 N–H and O–H groups in total. The minimum Gasteiger partial charge on any atom is -0.379 e. The smallest absolute Gasteiger partial charge is 0.262 e. The molecule has 10 heteroatoms. The number of benzene rings is 2. The topological polar surface area (TPSA) is 92.8 Å². The van der Waals surface area contributed by atoms with Crippen LogP contribution in [0.3, 0.4) is 0 Å². The van der Waals surface area contributed by atoms with Crippen molar-refractivity contribution in [2.24, 2.45) is 0 Å². The average Bonchev–Trinajstić information content (AvgIpc) is 2.65. The number of anilines is 1. The number of nitrogens with zero attached hydrogens (tertiary/aromatic N) is 1. The lowest BCUT2D eigenvalue weighted by molar-refractivity contribution is 0.0730. The third kappa shape index (κ3) is 4.33. The molecule has 0 saturated carbocycles. The first-order valence-electron chi connectivity index (χ1n) is 8.59. The zero-order chi connectivity index (χ0) is 20.5. The van der Waals surface area contributed by atoms with Gasteiger partial charge in [-0.2, -0.15) is 4.31 Å². The van der Waals surface area contributed by atoms with Crippen LogP contribution < -0.4 is 4.72 Å². The van der Waals surface area contributed by atoms with Gasteiger partial charge in [0.1, 0.15) is 0 Å². The highest BCUT2D eigenvalue weighted by Gasteiger charge is 2.27. The highest BCUT2D eigenvalue weighted by Crippen LogP contribution is 2.27. The van der Waals surface area contributed by atoms with Gasteiger partial charge >= 0.3 is 0 Å². The van der Waals surface area contributed by atoms with E-state index in [1.165, 1.54) is 34.6 Å². The number of halogens is 1. The summed E-state index contributed by atoms with van der Waals surface area (Å²) < 4.78 is 60.2. The predicted molar refractivity (Wildman–Crippen MR) is 108 cm³/mol. The van der Waals surface area contributed by atoms with Gasteiger partial charge in [0.05, 0.1) is 28.7 Å². The molecule has 7 nitrogen and oxygen atoms in total. The number of sulfonamides is 2. The van der Waals surface area contributed by atoms with E-state index < -0.39 is 20.0 Å². The van der Waals surface area contributed by atoms with Gasteiger partial charge in [-0.1, -0.05) is 17.7 Å². The van der Waals surface area contributed by atoms with Gasteiger partial charge in [-0.3, -0.25) is 4.72 Å². The second-order valence-corrected chi connectivity index (χ2v) is 10.5. The Labute approximate surface area is 170 Å².